The Hall–Kier alpha value is -1.91. The first-order chi connectivity index (χ1) is 11.1. The number of anilines is 2. The molecule has 1 saturated heterocycles. The summed E-state index contributed by atoms with van der Waals surface area (Å²) in [5, 5.41) is 27.3. The Bertz CT molecular complexity index is 699. The highest BCUT2D eigenvalue weighted by atomic mass is 16.4. The molecule has 0 saturated carbocycles. The molecule has 2 atom stereocenters. The lowest BCUT2D eigenvalue weighted by atomic mass is 9.78. The number of hydrogen-bond acceptors (Lipinski definition) is 8. The number of aliphatic carboxylic acids is 1. The van der Waals surface area contributed by atoms with Gasteiger partial charge in [-0.25, -0.2) is 0 Å². The highest BCUT2D eigenvalue weighted by Crippen LogP contribution is 2.35. The number of carbonyl (C=O) groups is 1. The number of nitrogens with zero attached hydrogens (tertiary/aromatic N) is 2. The lowest BCUT2D eigenvalue weighted by Crippen LogP contribution is -2.55. The Morgan fingerprint density at radius 3 is 2.50 bits per heavy atom. The first-order valence-electron chi connectivity index (χ1n) is 7.73. The van der Waals surface area contributed by atoms with Crippen LogP contribution in [0.4, 0.5) is 11.4 Å². The second-order valence-electron chi connectivity index (χ2n) is 6.58. The van der Waals surface area contributed by atoms with Crippen LogP contribution in [0.2, 0.25) is 6.32 Å². The van der Waals surface area contributed by atoms with Crippen molar-refractivity contribution >= 4 is 24.5 Å². The first-order valence-corrected chi connectivity index (χ1v) is 7.73. The Kier molecular flexibility index (Phi) is 5.02. The largest absolute Gasteiger partial charge is 0.480 e. The van der Waals surface area contributed by atoms with Crippen LogP contribution >= 0.6 is 0 Å². The zero-order valence-corrected chi connectivity index (χ0v) is 13.7. The minimum atomic E-state index is -1.55. The van der Waals surface area contributed by atoms with E-state index in [0.717, 1.165) is 0 Å². The summed E-state index contributed by atoms with van der Waals surface area (Å²) >= 11 is 0. The van der Waals surface area contributed by atoms with Crippen LogP contribution in [0.1, 0.15) is 12.8 Å². The molecule has 0 bridgehead atoms. The van der Waals surface area contributed by atoms with Gasteiger partial charge in [0.15, 0.2) is 0 Å². The molecule has 0 amide bonds. The number of rotatable bonds is 7. The van der Waals surface area contributed by atoms with Crippen molar-refractivity contribution in [2.75, 3.05) is 37.0 Å². The average molecular weight is 339 g/mol. The third kappa shape index (κ3) is 3.04. The summed E-state index contributed by atoms with van der Waals surface area (Å²) in [6, 6.07) is 0. The maximum absolute atomic E-state index is 11.9. The fourth-order valence-corrected chi connectivity index (χ4v) is 3.32. The molecule has 1 aromatic rings. The highest BCUT2D eigenvalue weighted by Gasteiger charge is 2.51. The Labute approximate surface area is 139 Å². The second-order valence-corrected chi connectivity index (χ2v) is 6.58. The molecule has 1 aliphatic heterocycles. The lowest BCUT2D eigenvalue weighted by Gasteiger charge is -2.27. The van der Waals surface area contributed by atoms with E-state index in [0.29, 0.717) is 12.8 Å². The number of nitrogens with two attached hydrogens (primary N) is 1. The molecule has 2 rings (SSSR count). The van der Waals surface area contributed by atoms with Crippen LogP contribution in [0.25, 0.3) is 0 Å². The molecule has 1 heterocycles. The van der Waals surface area contributed by atoms with Crippen molar-refractivity contribution in [2.24, 2.45) is 11.7 Å². The standard InChI is InChI=1S/C14H22BN3O6/c1-17(2)9-10(12(20)11(9)19)18-6-8(4-3-5-15(23)24)14(16,7-18)13(21)22/h8,23-24H,3-7,16H2,1-2H3,(H,21,22)/t8-,14-/m0/s1. The Balaban J connectivity index is 2.24. The summed E-state index contributed by atoms with van der Waals surface area (Å²) in [6.07, 6.45) is 0.897. The normalized spacial score (nSPS) is 23.7. The summed E-state index contributed by atoms with van der Waals surface area (Å²) in [4.78, 5) is 38.4. The van der Waals surface area contributed by atoms with Gasteiger partial charge in [0.1, 0.15) is 16.9 Å². The van der Waals surface area contributed by atoms with E-state index in [4.69, 9.17) is 15.8 Å². The van der Waals surface area contributed by atoms with Crippen molar-refractivity contribution in [3.05, 3.63) is 20.4 Å². The van der Waals surface area contributed by atoms with Crippen LogP contribution < -0.4 is 26.4 Å². The van der Waals surface area contributed by atoms with E-state index in [2.05, 4.69) is 0 Å². The molecule has 24 heavy (non-hydrogen) atoms. The van der Waals surface area contributed by atoms with Gasteiger partial charge in [-0.1, -0.05) is 6.42 Å². The van der Waals surface area contributed by atoms with Gasteiger partial charge in [-0.3, -0.25) is 14.4 Å². The van der Waals surface area contributed by atoms with E-state index >= 15 is 0 Å². The number of hydrogen-bond donors (Lipinski definition) is 4. The summed E-state index contributed by atoms with van der Waals surface area (Å²) in [6.45, 7) is 0.163. The third-order valence-corrected chi connectivity index (χ3v) is 4.66. The van der Waals surface area contributed by atoms with Gasteiger partial charge in [0.25, 0.3) is 10.9 Å². The fraction of sp³-hybridized carbons (Fsp3) is 0.643. The van der Waals surface area contributed by atoms with Gasteiger partial charge in [-0.15, -0.1) is 0 Å². The van der Waals surface area contributed by atoms with Gasteiger partial charge in [0.05, 0.1) is 0 Å². The third-order valence-electron chi connectivity index (χ3n) is 4.66. The van der Waals surface area contributed by atoms with Crippen LogP contribution in [0.15, 0.2) is 9.59 Å². The maximum Gasteiger partial charge on any atom is 0.451 e. The minimum absolute atomic E-state index is 0.0691. The molecule has 0 aromatic heterocycles. The molecule has 1 aromatic carbocycles. The zero-order valence-electron chi connectivity index (χ0n) is 13.7. The molecule has 0 spiro atoms. The molecule has 5 N–H and O–H groups in total. The van der Waals surface area contributed by atoms with Crippen LogP contribution in [0.3, 0.4) is 0 Å². The van der Waals surface area contributed by atoms with Gasteiger partial charge >= 0.3 is 13.1 Å². The van der Waals surface area contributed by atoms with Crippen molar-refractivity contribution in [2.45, 2.75) is 24.7 Å². The molecule has 1 aliphatic rings. The van der Waals surface area contributed by atoms with E-state index < -0.39 is 35.4 Å². The monoisotopic (exact) mass is 339 g/mol. The highest BCUT2D eigenvalue weighted by molar-refractivity contribution is 6.40. The zero-order chi connectivity index (χ0) is 18.2. The molecular weight excluding hydrogens is 317 g/mol. The topological polar surface area (TPSA) is 144 Å². The van der Waals surface area contributed by atoms with Crippen molar-refractivity contribution in [1.82, 2.24) is 0 Å². The quantitative estimate of drug-likeness (QED) is 0.322. The summed E-state index contributed by atoms with van der Waals surface area (Å²) in [5.41, 5.74) is 3.79. The van der Waals surface area contributed by atoms with Gasteiger partial charge in [-0.2, -0.15) is 0 Å². The molecular formula is C14H22BN3O6. The van der Waals surface area contributed by atoms with Gasteiger partial charge < -0.3 is 30.7 Å². The summed E-state index contributed by atoms with van der Waals surface area (Å²) < 4.78 is 0. The molecule has 132 valence electrons. The summed E-state index contributed by atoms with van der Waals surface area (Å²) in [7, 11) is 1.83. The Morgan fingerprint density at radius 1 is 1.38 bits per heavy atom. The first kappa shape index (κ1) is 18.4. The van der Waals surface area contributed by atoms with Gasteiger partial charge in [0.2, 0.25) is 0 Å². The van der Waals surface area contributed by atoms with Crippen molar-refractivity contribution < 1.29 is 19.9 Å². The fourth-order valence-electron chi connectivity index (χ4n) is 3.32. The maximum atomic E-state index is 11.9. The van der Waals surface area contributed by atoms with Crippen LogP contribution in [0, 0.1) is 5.92 Å². The molecule has 0 aliphatic carbocycles. The van der Waals surface area contributed by atoms with E-state index in [1.807, 2.05) is 0 Å². The van der Waals surface area contributed by atoms with E-state index in [-0.39, 0.29) is 30.8 Å². The average Bonchev–Trinajstić information content (AvgIpc) is 2.80. The molecule has 10 heteroatoms. The second kappa shape index (κ2) is 6.54. The minimum Gasteiger partial charge on any atom is -0.480 e. The van der Waals surface area contributed by atoms with Crippen LogP contribution in [-0.4, -0.2) is 61.0 Å². The number of carboxylic acid groups (broad SMARTS) is 1. The van der Waals surface area contributed by atoms with Gasteiger partial charge in [-0.05, 0) is 12.7 Å². The van der Waals surface area contributed by atoms with Gasteiger partial charge in [0, 0.05) is 33.1 Å². The van der Waals surface area contributed by atoms with Crippen molar-refractivity contribution in [3.63, 3.8) is 0 Å². The molecule has 9 nitrogen and oxygen atoms in total. The smallest absolute Gasteiger partial charge is 0.451 e. The van der Waals surface area contributed by atoms with Crippen molar-refractivity contribution in [3.8, 4) is 0 Å². The lowest BCUT2D eigenvalue weighted by molar-refractivity contribution is -0.144. The molecule has 1 fully saturated rings. The summed E-state index contributed by atoms with van der Waals surface area (Å²) in [5.74, 6) is -1.64. The van der Waals surface area contributed by atoms with Crippen LogP contribution in [-0.2, 0) is 4.79 Å². The van der Waals surface area contributed by atoms with E-state index in [1.165, 1.54) is 4.90 Å². The molecule has 0 radical (unpaired) electrons. The van der Waals surface area contributed by atoms with Crippen molar-refractivity contribution in [1.29, 1.82) is 0 Å². The number of carboxylic acids is 1. The predicted molar refractivity (Wildman–Crippen MR) is 90.2 cm³/mol. The Morgan fingerprint density at radius 2 is 2.00 bits per heavy atom. The van der Waals surface area contributed by atoms with E-state index in [9.17, 15) is 19.5 Å². The van der Waals surface area contributed by atoms with E-state index in [1.54, 1.807) is 19.0 Å². The predicted octanol–water partition coefficient (Wildman–Crippen LogP) is -2.18. The molecule has 0 unspecified atom stereocenters. The SMILES string of the molecule is CN(C)c1c(N2C[C@H](CCCB(O)O)[C@](N)(C(=O)O)C2)c(=O)c1=O. The van der Waals surface area contributed by atoms with Crippen LogP contribution in [0.5, 0.6) is 0 Å².